The molecule has 7 heteroatoms. The molecule has 1 aliphatic heterocycles. The molecule has 6 nitrogen and oxygen atoms in total. The first-order valence-electron chi connectivity index (χ1n) is 15.3. The summed E-state index contributed by atoms with van der Waals surface area (Å²) < 4.78 is 6.23. The molecule has 2 aliphatic carbocycles. The highest BCUT2D eigenvalue weighted by molar-refractivity contribution is 6.36. The molecule has 1 saturated carbocycles. The largest absolute Gasteiger partial charge is 0.493 e. The molecule has 5 rings (SSSR count). The van der Waals surface area contributed by atoms with Crippen molar-refractivity contribution in [3.63, 3.8) is 0 Å². The van der Waals surface area contributed by atoms with E-state index in [0.717, 1.165) is 25.0 Å². The van der Waals surface area contributed by atoms with Crippen LogP contribution in [0.5, 0.6) is 5.75 Å². The molecule has 2 fully saturated rings. The van der Waals surface area contributed by atoms with Crippen LogP contribution in [0.2, 0.25) is 5.02 Å². The summed E-state index contributed by atoms with van der Waals surface area (Å²) in [5, 5.41) is 3.21. The average Bonchev–Trinajstić information content (AvgIpc) is 3.65. The Morgan fingerprint density at radius 2 is 1.60 bits per heavy atom. The van der Waals surface area contributed by atoms with Gasteiger partial charge < -0.3 is 10.1 Å². The van der Waals surface area contributed by atoms with E-state index in [1.165, 1.54) is 16.0 Å². The lowest BCUT2D eigenvalue weighted by atomic mass is 9.76. The van der Waals surface area contributed by atoms with E-state index in [2.05, 4.69) is 77.2 Å². The number of halogens is 1. The second kappa shape index (κ2) is 11.5. The molecule has 1 heterocycles. The van der Waals surface area contributed by atoms with Crippen LogP contribution < -0.4 is 15.0 Å². The van der Waals surface area contributed by atoms with Crippen LogP contribution in [0.3, 0.4) is 0 Å². The van der Waals surface area contributed by atoms with Crippen molar-refractivity contribution in [2.75, 3.05) is 16.8 Å². The van der Waals surface area contributed by atoms with Crippen LogP contribution in [0, 0.1) is 23.7 Å². The Balaban J connectivity index is 1.20. The van der Waals surface area contributed by atoms with Crippen molar-refractivity contribution in [3.8, 4) is 5.75 Å². The molecule has 2 aromatic carbocycles. The van der Waals surface area contributed by atoms with Crippen LogP contribution in [-0.4, -0.2) is 24.3 Å². The standard InChI is InChI=1S/C35H43ClN2O4/c1-7-34(3,4)23-13-16-28(25(19-23)35(5,6)8-2)42-17-9-10-29(39)37-24-14-15-26(36)27(20-24)38-32(40)30-21-11-12-22(18-21)31(30)33(38)41/h11-16,19-22,30-31H,7-10,17-18H2,1-6H3,(H,37,39)/t21-,22-,30-,31-/m0/s1. The molecule has 2 bridgehead atoms. The number of nitrogens with zero attached hydrogens (tertiary/aromatic N) is 1. The van der Waals surface area contributed by atoms with Crippen LogP contribution in [0.25, 0.3) is 0 Å². The van der Waals surface area contributed by atoms with E-state index in [1.54, 1.807) is 18.2 Å². The smallest absolute Gasteiger partial charge is 0.238 e. The number of fused-ring (bicyclic) bond motifs is 5. The molecule has 2 aromatic rings. The quantitative estimate of drug-likeness (QED) is 0.164. The lowest BCUT2D eigenvalue weighted by Crippen LogP contribution is -2.33. The van der Waals surface area contributed by atoms with Crippen LogP contribution in [0.4, 0.5) is 11.4 Å². The molecule has 1 saturated heterocycles. The third-order valence-corrected chi connectivity index (χ3v) is 10.3. The number of anilines is 2. The number of benzene rings is 2. The van der Waals surface area contributed by atoms with Crippen molar-refractivity contribution >= 4 is 40.7 Å². The van der Waals surface area contributed by atoms with Gasteiger partial charge in [0.1, 0.15) is 5.75 Å². The average molecular weight is 591 g/mol. The first kappa shape index (κ1) is 30.3. The second-order valence-electron chi connectivity index (χ2n) is 13.4. The molecule has 0 radical (unpaired) electrons. The molecular weight excluding hydrogens is 548 g/mol. The Kier molecular flexibility index (Phi) is 8.32. The molecule has 0 unspecified atom stereocenters. The molecule has 224 valence electrons. The van der Waals surface area contributed by atoms with Gasteiger partial charge >= 0.3 is 0 Å². The number of allylic oxidation sites excluding steroid dienone is 2. The van der Waals surface area contributed by atoms with Crippen LogP contribution in [0.1, 0.15) is 84.8 Å². The van der Waals surface area contributed by atoms with Gasteiger partial charge in [-0.25, -0.2) is 4.90 Å². The minimum Gasteiger partial charge on any atom is -0.493 e. The van der Waals surface area contributed by atoms with E-state index in [0.29, 0.717) is 29.4 Å². The fraction of sp³-hybridized carbons (Fsp3) is 0.514. The Bertz CT molecular complexity index is 1400. The number of hydrogen-bond acceptors (Lipinski definition) is 4. The van der Waals surface area contributed by atoms with Gasteiger partial charge in [-0.15, -0.1) is 0 Å². The second-order valence-corrected chi connectivity index (χ2v) is 13.8. The monoisotopic (exact) mass is 590 g/mol. The summed E-state index contributed by atoms with van der Waals surface area (Å²) in [6.07, 6.45) is 7.85. The summed E-state index contributed by atoms with van der Waals surface area (Å²) in [5.41, 5.74) is 3.39. The van der Waals surface area contributed by atoms with Crippen LogP contribution >= 0.6 is 11.6 Å². The zero-order chi connectivity index (χ0) is 30.4. The van der Waals surface area contributed by atoms with Crippen molar-refractivity contribution < 1.29 is 19.1 Å². The van der Waals surface area contributed by atoms with Crippen LogP contribution in [0.15, 0.2) is 48.6 Å². The number of imide groups is 1. The highest BCUT2D eigenvalue weighted by Crippen LogP contribution is 2.53. The van der Waals surface area contributed by atoms with Gasteiger partial charge in [-0.3, -0.25) is 14.4 Å². The van der Waals surface area contributed by atoms with Crippen molar-refractivity contribution in [2.24, 2.45) is 23.7 Å². The van der Waals surface area contributed by atoms with Gasteiger partial charge in [-0.1, -0.05) is 77.4 Å². The first-order valence-corrected chi connectivity index (χ1v) is 15.7. The van der Waals surface area contributed by atoms with Crippen molar-refractivity contribution in [1.82, 2.24) is 0 Å². The third kappa shape index (κ3) is 5.50. The molecule has 4 atom stereocenters. The molecule has 0 aromatic heterocycles. The van der Waals surface area contributed by atoms with Gasteiger partial charge in [0.2, 0.25) is 17.7 Å². The summed E-state index contributed by atoms with van der Waals surface area (Å²) >= 11 is 6.46. The fourth-order valence-corrected chi connectivity index (χ4v) is 6.74. The molecule has 0 spiro atoms. The van der Waals surface area contributed by atoms with E-state index in [4.69, 9.17) is 16.3 Å². The van der Waals surface area contributed by atoms with Crippen molar-refractivity contribution in [1.29, 1.82) is 0 Å². The lowest BCUT2D eigenvalue weighted by molar-refractivity contribution is -0.123. The number of rotatable bonds is 11. The van der Waals surface area contributed by atoms with E-state index in [9.17, 15) is 14.4 Å². The molecule has 3 amide bonds. The maximum absolute atomic E-state index is 13.3. The highest BCUT2D eigenvalue weighted by atomic mass is 35.5. The maximum atomic E-state index is 13.3. The maximum Gasteiger partial charge on any atom is 0.238 e. The third-order valence-electron chi connectivity index (χ3n) is 10.0. The number of carbonyl (C=O) groups excluding carboxylic acids is 3. The van der Waals surface area contributed by atoms with Gasteiger partial charge in [-0.2, -0.15) is 0 Å². The minimum atomic E-state index is -0.306. The molecular formula is C35H43ClN2O4. The van der Waals surface area contributed by atoms with Crippen molar-refractivity contribution in [3.05, 3.63) is 64.7 Å². The number of nitrogens with one attached hydrogen (secondary N) is 1. The Morgan fingerprint density at radius 3 is 2.21 bits per heavy atom. The van der Waals surface area contributed by atoms with E-state index in [-0.39, 0.29) is 58.6 Å². The predicted octanol–water partition coefficient (Wildman–Crippen LogP) is 7.82. The highest BCUT2D eigenvalue weighted by Gasteiger charge is 2.59. The predicted molar refractivity (Wildman–Crippen MR) is 168 cm³/mol. The Labute approximate surface area is 254 Å². The number of carbonyl (C=O) groups is 3. The van der Waals surface area contributed by atoms with Crippen LogP contribution in [-0.2, 0) is 25.2 Å². The normalized spacial score (nSPS) is 23.1. The zero-order valence-electron chi connectivity index (χ0n) is 25.6. The van der Waals surface area contributed by atoms with Gasteiger partial charge in [0.25, 0.3) is 0 Å². The molecule has 42 heavy (non-hydrogen) atoms. The zero-order valence-corrected chi connectivity index (χ0v) is 26.4. The first-order chi connectivity index (χ1) is 19.9. The van der Waals surface area contributed by atoms with Gasteiger partial charge in [-0.05, 0) is 78.2 Å². The fourth-order valence-electron chi connectivity index (χ4n) is 6.54. The topological polar surface area (TPSA) is 75.7 Å². The summed E-state index contributed by atoms with van der Waals surface area (Å²) in [7, 11) is 0. The lowest BCUT2D eigenvalue weighted by Gasteiger charge is -2.30. The SMILES string of the molecule is CCC(C)(C)c1ccc(OCCCC(=O)Nc2ccc(Cl)c(N3C(=O)[C@@H]4[C@@H](C3=O)[C@H]3C=C[C@H]4C3)c2)c(C(C)(C)CC)c1. The van der Waals surface area contributed by atoms with Gasteiger partial charge in [0.15, 0.2) is 0 Å². The molecule has 3 aliphatic rings. The summed E-state index contributed by atoms with van der Waals surface area (Å²) in [4.78, 5) is 40.6. The number of ether oxygens (including phenoxy) is 1. The van der Waals surface area contributed by atoms with E-state index < -0.39 is 0 Å². The Hall–Kier alpha value is -3.12. The van der Waals surface area contributed by atoms with E-state index >= 15 is 0 Å². The number of amides is 3. The summed E-state index contributed by atoms with van der Waals surface area (Å²) in [6, 6.07) is 11.5. The van der Waals surface area contributed by atoms with E-state index in [1.807, 2.05) is 0 Å². The number of hydrogen-bond donors (Lipinski definition) is 1. The Morgan fingerprint density at radius 1 is 0.952 bits per heavy atom. The van der Waals surface area contributed by atoms with Gasteiger partial charge in [0.05, 0.1) is 29.2 Å². The summed E-state index contributed by atoms with van der Waals surface area (Å²) in [6.45, 7) is 13.8. The van der Waals surface area contributed by atoms with Crippen molar-refractivity contribution in [2.45, 2.75) is 84.5 Å². The van der Waals surface area contributed by atoms with Gasteiger partial charge in [0, 0.05) is 17.7 Å². The minimum absolute atomic E-state index is 0.0360. The molecule has 1 N–H and O–H groups in total. The summed E-state index contributed by atoms with van der Waals surface area (Å²) in [5.74, 6) is -0.0549.